The topological polar surface area (TPSA) is 109 Å². The molecule has 0 radical (unpaired) electrons. The highest BCUT2D eigenvalue weighted by molar-refractivity contribution is 6.05. The molecule has 0 aromatic rings. The molecule has 7 atom stereocenters. The number of hydrogen-bond acceptors (Lipinski definition) is 5. The van der Waals surface area contributed by atoms with E-state index in [1.165, 1.54) is 0 Å². The highest BCUT2D eigenvalue weighted by Gasteiger charge is 2.70. The molecule has 0 heterocycles. The quantitative estimate of drug-likeness (QED) is 0.512. The Morgan fingerprint density at radius 1 is 1.11 bits per heavy atom. The zero-order chi connectivity index (χ0) is 27.0. The molecule has 0 spiro atoms. The molecular formula is C30H42O6. The van der Waals surface area contributed by atoms with Gasteiger partial charge in [0.15, 0.2) is 5.78 Å². The van der Waals surface area contributed by atoms with Crippen molar-refractivity contribution in [3.8, 4) is 0 Å². The molecule has 2 saturated carbocycles. The number of ketones is 3. The normalized spacial score (nSPS) is 41.1. The SMILES string of the molecule is C/C(=C\CC[C@@H](C)[C@H]1CC(=O)[C@@]2(C)C3=C(C(=O)C[C@]12C)[C@@]1(C)CCC(=O)C(C)(C)[C@@H]1C[C@@H]3O)C(=O)O. The molecule has 4 rings (SSSR count). The Morgan fingerprint density at radius 2 is 1.75 bits per heavy atom. The van der Waals surface area contributed by atoms with Crippen LogP contribution in [0.4, 0.5) is 0 Å². The van der Waals surface area contributed by atoms with Gasteiger partial charge in [0.05, 0.1) is 11.5 Å². The van der Waals surface area contributed by atoms with Crippen LogP contribution in [0.25, 0.3) is 0 Å². The standard InChI is InChI=1S/C30H42O6/c1-16(9-8-10-17(2)26(35)36)18-13-23(34)30(7)25-19(31)14-21-27(3,4)22(33)11-12-28(21,5)24(25)20(32)15-29(18,30)6/h10,16,18-19,21,31H,8-9,11-15H2,1-7H3,(H,35,36)/b17-10+/t16-,18-,19+,21+,28+,29-,30+/m1/s1. The van der Waals surface area contributed by atoms with Crippen molar-refractivity contribution >= 4 is 23.3 Å². The zero-order valence-corrected chi connectivity index (χ0v) is 22.9. The number of carboxylic acid groups (broad SMARTS) is 1. The number of aliphatic carboxylic acids is 1. The van der Waals surface area contributed by atoms with Crippen molar-refractivity contribution in [2.45, 2.75) is 99.5 Å². The average molecular weight is 499 g/mol. The lowest BCUT2D eigenvalue weighted by Crippen LogP contribution is -2.60. The van der Waals surface area contributed by atoms with Gasteiger partial charge in [-0.1, -0.05) is 40.7 Å². The van der Waals surface area contributed by atoms with Gasteiger partial charge in [-0.05, 0) is 68.3 Å². The second kappa shape index (κ2) is 8.47. The van der Waals surface area contributed by atoms with Crippen molar-refractivity contribution in [2.75, 3.05) is 0 Å². The minimum Gasteiger partial charge on any atom is -0.478 e. The first kappa shape index (κ1) is 27.0. The number of Topliss-reactive ketones (excluding diaryl/α,β-unsaturated/α-hetero) is 3. The largest absolute Gasteiger partial charge is 0.478 e. The van der Waals surface area contributed by atoms with Crippen molar-refractivity contribution in [3.63, 3.8) is 0 Å². The molecular weight excluding hydrogens is 456 g/mol. The third kappa shape index (κ3) is 3.46. The minimum absolute atomic E-state index is 0.0230. The third-order valence-electron chi connectivity index (χ3n) is 11.2. The summed E-state index contributed by atoms with van der Waals surface area (Å²) in [4.78, 5) is 51.9. The number of aliphatic hydroxyl groups excluding tert-OH is 1. The molecule has 4 aliphatic carbocycles. The number of allylic oxidation sites excluding steroid dienone is 2. The van der Waals surface area contributed by atoms with Crippen LogP contribution in [0.15, 0.2) is 22.8 Å². The average Bonchev–Trinajstić information content (AvgIpc) is 2.99. The van der Waals surface area contributed by atoms with Crippen molar-refractivity contribution in [2.24, 2.45) is 39.4 Å². The summed E-state index contributed by atoms with van der Waals surface area (Å²) in [5.41, 5.74) is -1.13. The summed E-state index contributed by atoms with van der Waals surface area (Å²) in [5, 5.41) is 20.7. The van der Waals surface area contributed by atoms with Gasteiger partial charge in [-0.2, -0.15) is 0 Å². The first-order chi connectivity index (χ1) is 16.5. The van der Waals surface area contributed by atoms with E-state index in [1.54, 1.807) is 13.0 Å². The monoisotopic (exact) mass is 498 g/mol. The Kier molecular flexibility index (Phi) is 6.35. The van der Waals surface area contributed by atoms with Crippen LogP contribution < -0.4 is 0 Å². The van der Waals surface area contributed by atoms with Gasteiger partial charge in [-0.3, -0.25) is 14.4 Å². The van der Waals surface area contributed by atoms with E-state index >= 15 is 0 Å². The van der Waals surface area contributed by atoms with Crippen LogP contribution in [0.2, 0.25) is 0 Å². The van der Waals surface area contributed by atoms with Gasteiger partial charge in [0, 0.05) is 41.2 Å². The van der Waals surface area contributed by atoms with Crippen LogP contribution in [-0.4, -0.2) is 39.6 Å². The predicted molar refractivity (Wildman–Crippen MR) is 136 cm³/mol. The summed E-state index contributed by atoms with van der Waals surface area (Å²) in [6.45, 7) is 13.6. The number of fused-ring (bicyclic) bond motifs is 4. The summed E-state index contributed by atoms with van der Waals surface area (Å²) in [6.07, 6.45) is 4.13. The van der Waals surface area contributed by atoms with Gasteiger partial charge < -0.3 is 10.2 Å². The number of carbonyl (C=O) groups excluding carboxylic acids is 3. The first-order valence-corrected chi connectivity index (χ1v) is 13.5. The number of carboxylic acids is 1. The van der Waals surface area contributed by atoms with Gasteiger partial charge in [-0.15, -0.1) is 0 Å². The van der Waals surface area contributed by atoms with Crippen LogP contribution >= 0.6 is 0 Å². The van der Waals surface area contributed by atoms with Crippen molar-refractivity contribution in [1.82, 2.24) is 0 Å². The molecule has 0 aromatic carbocycles. The van der Waals surface area contributed by atoms with Crippen LogP contribution in [-0.2, 0) is 19.2 Å². The Balaban J connectivity index is 1.76. The molecule has 0 unspecified atom stereocenters. The number of hydrogen-bond donors (Lipinski definition) is 2. The fourth-order valence-electron chi connectivity index (χ4n) is 8.77. The van der Waals surface area contributed by atoms with E-state index in [9.17, 15) is 24.3 Å². The Morgan fingerprint density at radius 3 is 2.36 bits per heavy atom. The summed E-state index contributed by atoms with van der Waals surface area (Å²) in [6, 6.07) is 0. The maximum Gasteiger partial charge on any atom is 0.330 e. The minimum atomic E-state index is -0.930. The first-order valence-electron chi connectivity index (χ1n) is 13.5. The van der Waals surface area contributed by atoms with E-state index in [2.05, 4.69) is 20.8 Å². The highest BCUT2D eigenvalue weighted by atomic mass is 16.4. The van der Waals surface area contributed by atoms with Crippen LogP contribution in [0.3, 0.4) is 0 Å². The lowest BCUT2D eigenvalue weighted by Gasteiger charge is -2.60. The van der Waals surface area contributed by atoms with Gasteiger partial charge >= 0.3 is 5.97 Å². The van der Waals surface area contributed by atoms with Gasteiger partial charge in [0.2, 0.25) is 0 Å². The maximum absolute atomic E-state index is 14.0. The molecule has 2 fully saturated rings. The molecule has 2 N–H and O–H groups in total. The van der Waals surface area contributed by atoms with E-state index in [1.807, 2.05) is 20.8 Å². The zero-order valence-electron chi connectivity index (χ0n) is 22.9. The molecule has 0 aliphatic heterocycles. The lowest BCUT2D eigenvalue weighted by atomic mass is 9.42. The van der Waals surface area contributed by atoms with Crippen molar-refractivity contribution in [1.29, 1.82) is 0 Å². The number of rotatable bonds is 5. The second-order valence-corrected chi connectivity index (χ2v) is 13.3. The molecule has 6 nitrogen and oxygen atoms in total. The van der Waals surface area contributed by atoms with Crippen LogP contribution in [0.1, 0.15) is 93.4 Å². The summed E-state index contributed by atoms with van der Waals surface area (Å²) in [7, 11) is 0. The predicted octanol–water partition coefficient (Wildman–Crippen LogP) is 5.08. The highest BCUT2D eigenvalue weighted by Crippen LogP contribution is 2.70. The smallest absolute Gasteiger partial charge is 0.330 e. The molecule has 6 heteroatoms. The van der Waals surface area contributed by atoms with E-state index in [0.29, 0.717) is 48.8 Å². The molecule has 4 aliphatic rings. The molecule has 0 saturated heterocycles. The van der Waals surface area contributed by atoms with E-state index in [0.717, 1.165) is 6.42 Å². The van der Waals surface area contributed by atoms with Crippen LogP contribution in [0.5, 0.6) is 0 Å². The Hall–Kier alpha value is -2.08. The van der Waals surface area contributed by atoms with Gasteiger partial charge in [0.25, 0.3) is 0 Å². The summed E-state index contributed by atoms with van der Waals surface area (Å²) >= 11 is 0. The molecule has 0 bridgehead atoms. The Bertz CT molecular complexity index is 1090. The van der Waals surface area contributed by atoms with Gasteiger partial charge in [-0.25, -0.2) is 4.79 Å². The van der Waals surface area contributed by atoms with E-state index in [4.69, 9.17) is 5.11 Å². The van der Waals surface area contributed by atoms with E-state index in [-0.39, 0.29) is 41.5 Å². The van der Waals surface area contributed by atoms with Crippen molar-refractivity contribution < 1.29 is 29.4 Å². The number of aliphatic hydroxyl groups is 1. The summed E-state index contributed by atoms with van der Waals surface area (Å²) in [5.74, 6) is -0.703. The van der Waals surface area contributed by atoms with Gasteiger partial charge in [0.1, 0.15) is 11.6 Å². The van der Waals surface area contributed by atoms with Crippen molar-refractivity contribution in [3.05, 3.63) is 22.8 Å². The second-order valence-electron chi connectivity index (χ2n) is 13.3. The fourth-order valence-corrected chi connectivity index (χ4v) is 8.77. The lowest BCUT2D eigenvalue weighted by molar-refractivity contribution is -0.146. The fraction of sp³-hybridized carbons (Fsp3) is 0.733. The molecule has 0 amide bonds. The van der Waals surface area contributed by atoms with Crippen LogP contribution in [0, 0.1) is 39.4 Å². The molecule has 0 aromatic heterocycles. The number of carbonyl (C=O) groups is 4. The van der Waals surface area contributed by atoms with E-state index < -0.39 is 33.7 Å². The molecule has 198 valence electrons. The Labute approximate surface area is 214 Å². The summed E-state index contributed by atoms with van der Waals surface area (Å²) < 4.78 is 0. The molecule has 36 heavy (non-hydrogen) atoms. The third-order valence-corrected chi connectivity index (χ3v) is 11.2. The maximum atomic E-state index is 14.0.